The summed E-state index contributed by atoms with van der Waals surface area (Å²) in [4.78, 5) is 35.8. The van der Waals surface area contributed by atoms with Crippen LogP contribution in [0.5, 0.6) is 0 Å². The van der Waals surface area contributed by atoms with Gasteiger partial charge in [0.05, 0.1) is 0 Å². The minimum atomic E-state index is -0.856. The molecule has 218 valence electrons. The average molecular weight is 549 g/mol. The van der Waals surface area contributed by atoms with Gasteiger partial charge in [0.25, 0.3) is 0 Å². The zero-order valence-corrected chi connectivity index (χ0v) is 22.8. The van der Waals surface area contributed by atoms with Crippen molar-refractivity contribution in [2.75, 3.05) is 21.1 Å². The molecule has 0 fully saturated rings. The minimum absolute atomic E-state index is 0. The van der Waals surface area contributed by atoms with Gasteiger partial charge in [0.15, 0.2) is 0 Å². The van der Waals surface area contributed by atoms with Crippen molar-refractivity contribution in [3.8, 4) is 0 Å². The standard InChI is InChI=1S/C13H16N2O2.C8H13N3O2.C5H11NO2.CH4/c1-14-11(13(16)17)7-9-8-15(2)12-6-4-3-5-10(9)12;1-9-6(8(12)13)5-7-10-3-4-11(7)2;1-3-4(6-2)5(7)8;/h3-6,8,11,14H,7H2,1-2H3,(H,16,17);3-4,6,9H,5H2,1-2H3,(H,12,13);4,6H,3H2,1-2H3,(H,7,8);1H4. The van der Waals surface area contributed by atoms with E-state index in [9.17, 15) is 14.4 Å². The lowest BCUT2D eigenvalue weighted by molar-refractivity contribution is -0.140. The second kappa shape index (κ2) is 17.7. The molecule has 0 aliphatic carbocycles. The number of aliphatic carboxylic acids is 3. The van der Waals surface area contributed by atoms with Crippen LogP contribution in [0.2, 0.25) is 0 Å². The van der Waals surface area contributed by atoms with Gasteiger partial charge in [-0.05, 0) is 39.2 Å². The van der Waals surface area contributed by atoms with Crippen molar-refractivity contribution in [1.29, 1.82) is 0 Å². The Hall–Kier alpha value is -3.74. The van der Waals surface area contributed by atoms with E-state index in [-0.39, 0.29) is 13.5 Å². The highest BCUT2D eigenvalue weighted by Crippen LogP contribution is 2.21. The van der Waals surface area contributed by atoms with Crippen LogP contribution in [0, 0.1) is 0 Å². The molecule has 2 heterocycles. The minimum Gasteiger partial charge on any atom is -0.480 e. The maximum atomic E-state index is 11.0. The van der Waals surface area contributed by atoms with Crippen molar-refractivity contribution in [3.05, 3.63) is 54.2 Å². The highest BCUT2D eigenvalue weighted by molar-refractivity contribution is 5.85. The van der Waals surface area contributed by atoms with Gasteiger partial charge in [0, 0.05) is 56.4 Å². The van der Waals surface area contributed by atoms with E-state index in [1.54, 1.807) is 33.5 Å². The number of nitrogens with zero attached hydrogens (tertiary/aromatic N) is 3. The monoisotopic (exact) mass is 548 g/mol. The molecule has 0 bridgehead atoms. The van der Waals surface area contributed by atoms with Gasteiger partial charge in [0.2, 0.25) is 0 Å². The summed E-state index contributed by atoms with van der Waals surface area (Å²) < 4.78 is 3.84. The molecular weight excluding hydrogens is 504 g/mol. The molecule has 0 aliphatic rings. The fourth-order valence-corrected chi connectivity index (χ4v) is 3.71. The van der Waals surface area contributed by atoms with Crippen molar-refractivity contribution >= 4 is 28.8 Å². The molecule has 12 nitrogen and oxygen atoms in total. The summed E-state index contributed by atoms with van der Waals surface area (Å²) in [6.45, 7) is 1.83. The van der Waals surface area contributed by atoms with E-state index in [1.807, 2.05) is 60.6 Å². The largest absolute Gasteiger partial charge is 0.480 e. The van der Waals surface area contributed by atoms with Crippen LogP contribution in [-0.4, -0.2) is 86.6 Å². The number of fused-ring (bicyclic) bond motifs is 1. The number of aryl methyl sites for hydroxylation is 2. The first-order valence-corrected chi connectivity index (χ1v) is 12.2. The van der Waals surface area contributed by atoms with Gasteiger partial charge in [-0.25, -0.2) is 4.98 Å². The number of carboxylic acids is 3. The van der Waals surface area contributed by atoms with Gasteiger partial charge < -0.3 is 40.4 Å². The fraction of sp³-hybridized carbons (Fsp3) is 0.481. The van der Waals surface area contributed by atoms with Crippen LogP contribution in [0.15, 0.2) is 42.9 Å². The molecule has 0 saturated heterocycles. The third-order valence-electron chi connectivity index (χ3n) is 6.06. The van der Waals surface area contributed by atoms with E-state index in [1.165, 1.54) is 0 Å². The molecule has 3 rings (SSSR count). The molecule has 6 N–H and O–H groups in total. The number of likely N-dealkylation sites (N-methyl/N-ethyl adjacent to an activating group) is 3. The number of aromatic nitrogens is 3. The van der Waals surface area contributed by atoms with Crippen LogP contribution in [0.1, 0.15) is 32.2 Å². The number of benzene rings is 1. The molecule has 0 aliphatic heterocycles. The Morgan fingerprint density at radius 1 is 0.846 bits per heavy atom. The second-order valence-corrected chi connectivity index (χ2v) is 8.59. The first-order chi connectivity index (χ1) is 18.0. The Bertz CT molecular complexity index is 1170. The highest BCUT2D eigenvalue weighted by atomic mass is 16.4. The number of para-hydroxylation sites is 1. The summed E-state index contributed by atoms with van der Waals surface area (Å²) in [5, 5.41) is 35.4. The lowest BCUT2D eigenvalue weighted by Crippen LogP contribution is -2.36. The summed E-state index contributed by atoms with van der Waals surface area (Å²) >= 11 is 0. The third kappa shape index (κ3) is 10.9. The molecule has 0 saturated carbocycles. The molecule has 3 aromatic rings. The number of carbonyl (C=O) groups is 3. The Morgan fingerprint density at radius 2 is 1.36 bits per heavy atom. The molecule has 1 aromatic carbocycles. The topological polar surface area (TPSA) is 171 Å². The van der Waals surface area contributed by atoms with E-state index < -0.39 is 30.0 Å². The summed E-state index contributed by atoms with van der Waals surface area (Å²) in [6.07, 6.45) is 6.97. The summed E-state index contributed by atoms with van der Waals surface area (Å²) in [5.74, 6) is -1.69. The molecule has 0 amide bonds. The lowest BCUT2D eigenvalue weighted by atomic mass is 10.1. The van der Waals surface area contributed by atoms with Crippen molar-refractivity contribution in [2.45, 2.75) is 51.7 Å². The first-order valence-electron chi connectivity index (χ1n) is 12.2. The Labute approximate surface area is 230 Å². The van der Waals surface area contributed by atoms with Gasteiger partial charge >= 0.3 is 17.9 Å². The highest BCUT2D eigenvalue weighted by Gasteiger charge is 2.18. The predicted octanol–water partition coefficient (Wildman–Crippen LogP) is 1.73. The summed E-state index contributed by atoms with van der Waals surface area (Å²) in [7, 11) is 8.76. The van der Waals surface area contributed by atoms with E-state index in [4.69, 9.17) is 15.3 Å². The Morgan fingerprint density at radius 3 is 1.77 bits per heavy atom. The van der Waals surface area contributed by atoms with Crippen LogP contribution in [0.4, 0.5) is 0 Å². The number of rotatable bonds is 11. The quantitative estimate of drug-likeness (QED) is 0.207. The first kappa shape index (κ1) is 35.3. The van der Waals surface area contributed by atoms with E-state index in [0.29, 0.717) is 19.3 Å². The smallest absolute Gasteiger partial charge is 0.321 e. The predicted molar refractivity (Wildman–Crippen MR) is 152 cm³/mol. The molecule has 0 radical (unpaired) electrons. The van der Waals surface area contributed by atoms with Crippen LogP contribution in [-0.2, 0) is 41.3 Å². The van der Waals surface area contributed by atoms with E-state index in [2.05, 4.69) is 20.9 Å². The molecule has 0 spiro atoms. The van der Waals surface area contributed by atoms with Gasteiger partial charge in [-0.3, -0.25) is 14.4 Å². The van der Waals surface area contributed by atoms with E-state index >= 15 is 0 Å². The maximum absolute atomic E-state index is 11.0. The number of hydrogen-bond donors (Lipinski definition) is 6. The van der Waals surface area contributed by atoms with Crippen molar-refractivity contribution < 1.29 is 29.7 Å². The van der Waals surface area contributed by atoms with Crippen LogP contribution in [0.25, 0.3) is 10.9 Å². The van der Waals surface area contributed by atoms with Gasteiger partial charge in [-0.1, -0.05) is 32.5 Å². The van der Waals surface area contributed by atoms with Crippen LogP contribution >= 0.6 is 0 Å². The summed E-state index contributed by atoms with van der Waals surface area (Å²) in [6, 6.07) is 6.53. The average Bonchev–Trinajstić information content (AvgIpc) is 3.44. The molecule has 3 unspecified atom stereocenters. The molecule has 39 heavy (non-hydrogen) atoms. The normalized spacial score (nSPS) is 12.6. The molecule has 3 atom stereocenters. The van der Waals surface area contributed by atoms with Crippen molar-refractivity contribution in [1.82, 2.24) is 30.1 Å². The number of carboxylic acid groups (broad SMARTS) is 3. The van der Waals surface area contributed by atoms with Gasteiger partial charge in [-0.2, -0.15) is 0 Å². The lowest BCUT2D eigenvalue weighted by Gasteiger charge is -2.10. The fourth-order valence-electron chi connectivity index (χ4n) is 3.71. The zero-order valence-electron chi connectivity index (χ0n) is 22.8. The van der Waals surface area contributed by atoms with Crippen LogP contribution < -0.4 is 16.0 Å². The van der Waals surface area contributed by atoms with Crippen LogP contribution in [0.3, 0.4) is 0 Å². The Balaban J connectivity index is 0.000000587. The van der Waals surface area contributed by atoms with Gasteiger partial charge in [0.1, 0.15) is 23.9 Å². The third-order valence-corrected chi connectivity index (χ3v) is 6.06. The SMILES string of the molecule is C.CCC(NC)C(=O)O.CNC(Cc1cn(C)c2ccccc12)C(=O)O.CNC(Cc1nccn1C)C(=O)O. The van der Waals surface area contributed by atoms with Crippen molar-refractivity contribution in [2.24, 2.45) is 14.1 Å². The summed E-state index contributed by atoms with van der Waals surface area (Å²) in [5.41, 5.74) is 2.19. The molecule has 12 heteroatoms. The Kier molecular flexibility index (Phi) is 16.0. The number of nitrogens with one attached hydrogen (secondary N) is 3. The number of imidazole rings is 1. The number of hydrogen-bond acceptors (Lipinski definition) is 7. The molecule has 2 aromatic heterocycles. The van der Waals surface area contributed by atoms with Gasteiger partial charge in [-0.15, -0.1) is 0 Å². The second-order valence-electron chi connectivity index (χ2n) is 8.59. The molecular formula is C27H44N6O6. The zero-order chi connectivity index (χ0) is 28.8. The van der Waals surface area contributed by atoms with Crippen molar-refractivity contribution in [3.63, 3.8) is 0 Å². The van der Waals surface area contributed by atoms with E-state index in [0.717, 1.165) is 22.3 Å². The maximum Gasteiger partial charge on any atom is 0.321 e.